The fraction of sp³-hybridized carbons (Fsp3) is 0.474. The van der Waals surface area contributed by atoms with Crippen LogP contribution in [-0.2, 0) is 6.18 Å². The average molecular weight is 381 g/mol. The van der Waals surface area contributed by atoms with E-state index in [1.54, 1.807) is 0 Å². The normalized spacial score (nSPS) is 11.9. The Morgan fingerprint density at radius 2 is 1.63 bits per heavy atom. The summed E-state index contributed by atoms with van der Waals surface area (Å²) in [5.74, 6) is 1.44. The van der Waals surface area contributed by atoms with E-state index < -0.39 is 11.7 Å². The Labute approximate surface area is 157 Å². The van der Waals surface area contributed by atoms with Crippen LogP contribution in [0.1, 0.15) is 33.3 Å². The number of rotatable bonds is 7. The van der Waals surface area contributed by atoms with Gasteiger partial charge in [-0.25, -0.2) is 9.97 Å². The van der Waals surface area contributed by atoms with Gasteiger partial charge in [-0.1, -0.05) is 39.8 Å². The molecule has 1 heterocycles. The second kappa shape index (κ2) is 8.45. The van der Waals surface area contributed by atoms with Gasteiger partial charge in [-0.2, -0.15) is 13.2 Å². The molecule has 1 aromatic heterocycles. The van der Waals surface area contributed by atoms with Gasteiger partial charge >= 0.3 is 6.18 Å². The van der Waals surface area contributed by atoms with Crippen molar-refractivity contribution in [1.82, 2.24) is 9.97 Å². The smallest absolute Gasteiger partial charge is 0.393 e. The van der Waals surface area contributed by atoms with Gasteiger partial charge in [0.2, 0.25) is 0 Å². The van der Waals surface area contributed by atoms with Crippen molar-refractivity contribution in [2.75, 3.05) is 29.0 Å². The molecule has 0 atom stereocenters. The standard InChI is InChI=1S/C19H26F3N5/c1-12(2)9-27(10-13(3)4)18-16(23)17(24-11-25-18)26-15-8-6-5-7-14(15)19(20,21)22/h5-8,11-13H,9-10,23H2,1-4H3,(H,24,25,26). The minimum absolute atomic E-state index is 0.0966. The molecule has 1 aromatic carbocycles. The first-order valence-corrected chi connectivity index (χ1v) is 8.88. The highest BCUT2D eigenvalue weighted by atomic mass is 19.4. The summed E-state index contributed by atoms with van der Waals surface area (Å²) in [7, 11) is 0. The van der Waals surface area contributed by atoms with E-state index in [9.17, 15) is 13.2 Å². The zero-order valence-corrected chi connectivity index (χ0v) is 16.0. The first kappa shape index (κ1) is 20.8. The fourth-order valence-electron chi connectivity index (χ4n) is 2.83. The fourth-order valence-corrected chi connectivity index (χ4v) is 2.83. The van der Waals surface area contributed by atoms with Crippen LogP contribution in [0.4, 0.5) is 36.2 Å². The van der Waals surface area contributed by atoms with Crippen LogP contribution in [0.2, 0.25) is 0 Å². The molecule has 148 valence electrons. The molecule has 2 rings (SSSR count). The maximum atomic E-state index is 13.2. The Balaban J connectivity index is 2.40. The van der Waals surface area contributed by atoms with Gasteiger partial charge < -0.3 is 16.0 Å². The lowest BCUT2D eigenvalue weighted by Crippen LogP contribution is -2.33. The second-order valence-electron chi connectivity index (χ2n) is 7.32. The summed E-state index contributed by atoms with van der Waals surface area (Å²) in [4.78, 5) is 10.4. The summed E-state index contributed by atoms with van der Waals surface area (Å²) in [5.41, 5.74) is 5.60. The number of para-hydroxylation sites is 1. The lowest BCUT2D eigenvalue weighted by molar-refractivity contribution is -0.136. The molecular weight excluding hydrogens is 355 g/mol. The van der Waals surface area contributed by atoms with Crippen LogP contribution in [0.3, 0.4) is 0 Å². The van der Waals surface area contributed by atoms with Crippen molar-refractivity contribution in [2.45, 2.75) is 33.9 Å². The molecule has 2 aromatic rings. The molecular formula is C19H26F3N5. The monoisotopic (exact) mass is 381 g/mol. The highest BCUT2D eigenvalue weighted by Crippen LogP contribution is 2.37. The number of nitrogen functional groups attached to an aromatic ring is 1. The van der Waals surface area contributed by atoms with Gasteiger partial charge in [0, 0.05) is 13.1 Å². The Morgan fingerprint density at radius 3 is 2.19 bits per heavy atom. The van der Waals surface area contributed by atoms with E-state index in [4.69, 9.17) is 5.73 Å². The third kappa shape index (κ3) is 5.48. The second-order valence-corrected chi connectivity index (χ2v) is 7.32. The molecule has 0 bridgehead atoms. The van der Waals surface area contributed by atoms with Crippen molar-refractivity contribution >= 4 is 23.0 Å². The summed E-state index contributed by atoms with van der Waals surface area (Å²) in [6, 6.07) is 5.24. The molecule has 0 radical (unpaired) electrons. The minimum atomic E-state index is -4.48. The van der Waals surface area contributed by atoms with Gasteiger partial charge in [0.1, 0.15) is 12.0 Å². The van der Waals surface area contributed by atoms with Gasteiger partial charge in [-0.05, 0) is 24.0 Å². The van der Waals surface area contributed by atoms with Crippen molar-refractivity contribution in [1.29, 1.82) is 0 Å². The Morgan fingerprint density at radius 1 is 1.04 bits per heavy atom. The Kier molecular flexibility index (Phi) is 6.51. The van der Waals surface area contributed by atoms with Gasteiger partial charge in [-0.3, -0.25) is 0 Å². The lowest BCUT2D eigenvalue weighted by atomic mass is 10.1. The predicted molar refractivity (Wildman–Crippen MR) is 103 cm³/mol. The van der Waals surface area contributed by atoms with Crippen molar-refractivity contribution < 1.29 is 13.2 Å². The number of alkyl halides is 3. The van der Waals surface area contributed by atoms with Gasteiger partial charge in [0.25, 0.3) is 0 Å². The van der Waals surface area contributed by atoms with Gasteiger partial charge in [0.15, 0.2) is 11.6 Å². The number of hydrogen-bond donors (Lipinski definition) is 2. The minimum Gasteiger partial charge on any atom is -0.393 e. The third-order valence-corrected chi connectivity index (χ3v) is 3.82. The summed E-state index contributed by atoms with van der Waals surface area (Å²) in [5, 5.41) is 2.73. The number of halogens is 3. The highest BCUT2D eigenvalue weighted by molar-refractivity contribution is 5.79. The van der Waals surface area contributed by atoms with Crippen molar-refractivity contribution in [3.63, 3.8) is 0 Å². The van der Waals surface area contributed by atoms with Gasteiger partial charge in [-0.15, -0.1) is 0 Å². The zero-order valence-electron chi connectivity index (χ0n) is 16.0. The molecule has 0 aliphatic rings. The molecule has 3 N–H and O–H groups in total. The summed E-state index contributed by atoms with van der Waals surface area (Å²) >= 11 is 0. The molecule has 27 heavy (non-hydrogen) atoms. The largest absolute Gasteiger partial charge is 0.418 e. The van der Waals surface area contributed by atoms with Crippen molar-refractivity contribution in [2.24, 2.45) is 11.8 Å². The summed E-state index contributed by atoms with van der Waals surface area (Å²) in [6.45, 7) is 9.82. The Bertz CT molecular complexity index is 749. The number of nitrogens with two attached hydrogens (primary N) is 1. The van der Waals surface area contributed by atoms with Crippen LogP contribution in [0.5, 0.6) is 0 Å². The predicted octanol–water partition coefficient (Wildman–Crippen LogP) is 4.94. The van der Waals surface area contributed by atoms with E-state index in [-0.39, 0.29) is 17.2 Å². The SMILES string of the molecule is CC(C)CN(CC(C)C)c1ncnc(Nc2ccccc2C(F)(F)F)c1N. The van der Waals surface area contributed by atoms with Crippen LogP contribution >= 0.6 is 0 Å². The molecule has 8 heteroatoms. The van der Waals surface area contributed by atoms with E-state index in [1.807, 2.05) is 4.90 Å². The summed E-state index contributed by atoms with van der Waals surface area (Å²) in [6.07, 6.45) is -3.16. The van der Waals surface area contributed by atoms with E-state index >= 15 is 0 Å². The third-order valence-electron chi connectivity index (χ3n) is 3.82. The van der Waals surface area contributed by atoms with Crippen LogP contribution in [0.15, 0.2) is 30.6 Å². The highest BCUT2D eigenvalue weighted by Gasteiger charge is 2.33. The number of hydrogen-bond acceptors (Lipinski definition) is 5. The number of benzene rings is 1. The Hall–Kier alpha value is -2.51. The van der Waals surface area contributed by atoms with E-state index in [0.29, 0.717) is 17.7 Å². The van der Waals surface area contributed by atoms with Crippen molar-refractivity contribution in [3.8, 4) is 0 Å². The summed E-state index contributed by atoms with van der Waals surface area (Å²) < 4.78 is 39.7. The number of nitrogens with zero attached hydrogens (tertiary/aromatic N) is 3. The van der Waals surface area contributed by atoms with Crippen LogP contribution in [0, 0.1) is 11.8 Å². The molecule has 0 amide bonds. The molecule has 0 unspecified atom stereocenters. The maximum Gasteiger partial charge on any atom is 0.418 e. The maximum absolute atomic E-state index is 13.2. The number of nitrogens with one attached hydrogen (secondary N) is 1. The van der Waals surface area contributed by atoms with Crippen LogP contribution in [-0.4, -0.2) is 23.1 Å². The molecule has 0 aliphatic heterocycles. The number of aromatic nitrogens is 2. The molecule has 5 nitrogen and oxygen atoms in total. The zero-order chi connectivity index (χ0) is 20.2. The topological polar surface area (TPSA) is 67.1 Å². The molecule has 0 aliphatic carbocycles. The lowest BCUT2D eigenvalue weighted by Gasteiger charge is -2.28. The van der Waals surface area contributed by atoms with E-state index in [0.717, 1.165) is 19.2 Å². The van der Waals surface area contributed by atoms with E-state index in [2.05, 4.69) is 43.0 Å². The first-order chi connectivity index (χ1) is 12.6. The number of anilines is 4. The van der Waals surface area contributed by atoms with Crippen LogP contribution in [0.25, 0.3) is 0 Å². The van der Waals surface area contributed by atoms with Gasteiger partial charge in [0.05, 0.1) is 11.3 Å². The molecule has 0 saturated heterocycles. The van der Waals surface area contributed by atoms with E-state index in [1.165, 1.54) is 24.5 Å². The quantitative estimate of drug-likeness (QED) is 0.711. The molecule has 0 spiro atoms. The molecule has 0 fully saturated rings. The van der Waals surface area contributed by atoms with Crippen molar-refractivity contribution in [3.05, 3.63) is 36.2 Å². The van der Waals surface area contributed by atoms with Crippen LogP contribution < -0.4 is 16.0 Å². The first-order valence-electron chi connectivity index (χ1n) is 8.88. The molecule has 0 saturated carbocycles. The average Bonchev–Trinajstić information content (AvgIpc) is 2.55.